The summed E-state index contributed by atoms with van der Waals surface area (Å²) in [5.41, 5.74) is 1.96. The van der Waals surface area contributed by atoms with Gasteiger partial charge in [0.1, 0.15) is 5.01 Å². The first kappa shape index (κ1) is 17.6. The predicted molar refractivity (Wildman–Crippen MR) is 91.3 cm³/mol. The van der Waals surface area contributed by atoms with Gasteiger partial charge < -0.3 is 9.64 Å². The first-order valence-electron chi connectivity index (χ1n) is 7.21. The van der Waals surface area contributed by atoms with Crippen LogP contribution in [0.15, 0.2) is 29.6 Å². The van der Waals surface area contributed by atoms with E-state index in [9.17, 15) is 14.9 Å². The molecule has 2 aromatic rings. The van der Waals surface area contributed by atoms with Gasteiger partial charge >= 0.3 is 5.97 Å². The number of anilines is 1. The first-order chi connectivity index (χ1) is 11.4. The van der Waals surface area contributed by atoms with Crippen LogP contribution in [-0.4, -0.2) is 37.4 Å². The molecule has 1 atom stereocenters. The Hall–Kier alpha value is -2.72. The number of esters is 1. The van der Waals surface area contributed by atoms with E-state index in [2.05, 4.69) is 4.98 Å². The van der Waals surface area contributed by atoms with Crippen LogP contribution in [0, 0.1) is 18.3 Å². The van der Waals surface area contributed by atoms with Gasteiger partial charge in [-0.15, -0.1) is 11.3 Å². The number of aromatic nitrogens is 1. The Morgan fingerprint density at radius 2 is 2.17 bits per heavy atom. The van der Waals surface area contributed by atoms with Gasteiger partial charge in [0.25, 0.3) is 0 Å². The molecule has 0 aliphatic heterocycles. The number of ketones is 1. The molecule has 0 radical (unpaired) electrons. The minimum atomic E-state index is -1.01. The number of Topliss-reactive ketones (excluding diaryl/α,β-unsaturated/α-hetero) is 1. The van der Waals surface area contributed by atoms with Crippen molar-refractivity contribution < 1.29 is 14.3 Å². The number of hydrogen-bond acceptors (Lipinski definition) is 7. The monoisotopic (exact) mass is 343 g/mol. The lowest BCUT2D eigenvalue weighted by Gasteiger charge is -2.13. The highest BCUT2D eigenvalue weighted by Gasteiger charge is 2.24. The lowest BCUT2D eigenvalue weighted by atomic mass is 10.1. The van der Waals surface area contributed by atoms with E-state index in [1.54, 1.807) is 30.5 Å². The second kappa shape index (κ2) is 7.70. The van der Waals surface area contributed by atoms with Crippen molar-refractivity contribution in [2.75, 3.05) is 25.6 Å². The van der Waals surface area contributed by atoms with E-state index in [1.807, 2.05) is 31.1 Å². The summed E-state index contributed by atoms with van der Waals surface area (Å²) < 4.78 is 5.05. The second-order valence-corrected chi connectivity index (χ2v) is 6.27. The summed E-state index contributed by atoms with van der Waals surface area (Å²) in [4.78, 5) is 30.2. The summed E-state index contributed by atoms with van der Waals surface area (Å²) in [5, 5.41) is 11.4. The molecule has 0 fully saturated rings. The van der Waals surface area contributed by atoms with Gasteiger partial charge in [-0.25, -0.2) is 9.78 Å². The van der Waals surface area contributed by atoms with Crippen LogP contribution in [0.25, 0.3) is 0 Å². The predicted octanol–water partition coefficient (Wildman–Crippen LogP) is 2.55. The van der Waals surface area contributed by atoms with Crippen molar-refractivity contribution in [2.24, 2.45) is 0 Å². The highest BCUT2D eigenvalue weighted by atomic mass is 32.1. The van der Waals surface area contributed by atoms with E-state index in [4.69, 9.17) is 4.74 Å². The molecular formula is C17H17N3O3S. The molecule has 24 heavy (non-hydrogen) atoms. The number of thiazole rings is 1. The average Bonchev–Trinajstić information content (AvgIpc) is 2.99. The Kier molecular flexibility index (Phi) is 5.66. The van der Waals surface area contributed by atoms with Gasteiger partial charge in [-0.1, -0.05) is 6.07 Å². The summed E-state index contributed by atoms with van der Waals surface area (Å²) in [6.45, 7) is 1.33. The summed E-state index contributed by atoms with van der Waals surface area (Å²) in [7, 11) is 3.73. The zero-order valence-corrected chi connectivity index (χ0v) is 14.5. The number of ether oxygens (including phenoxy) is 1. The third kappa shape index (κ3) is 4.18. The molecule has 0 saturated heterocycles. The van der Waals surface area contributed by atoms with Crippen molar-refractivity contribution >= 4 is 28.8 Å². The van der Waals surface area contributed by atoms with Crippen LogP contribution in [-0.2, 0) is 9.53 Å². The smallest absolute Gasteiger partial charge is 0.338 e. The maximum atomic E-state index is 12.2. The summed E-state index contributed by atoms with van der Waals surface area (Å²) >= 11 is 1.25. The lowest BCUT2D eigenvalue weighted by Crippen LogP contribution is -2.20. The molecule has 0 spiro atoms. The third-order valence-electron chi connectivity index (χ3n) is 3.28. The van der Waals surface area contributed by atoms with Crippen molar-refractivity contribution in [3.8, 4) is 6.07 Å². The van der Waals surface area contributed by atoms with Crippen molar-refractivity contribution in [3.05, 3.63) is 45.9 Å². The normalized spacial score (nSPS) is 11.4. The average molecular weight is 343 g/mol. The maximum Gasteiger partial charge on any atom is 0.338 e. The molecule has 1 heterocycles. The van der Waals surface area contributed by atoms with E-state index >= 15 is 0 Å². The quantitative estimate of drug-likeness (QED) is 0.750. The van der Waals surface area contributed by atoms with Crippen molar-refractivity contribution in [1.82, 2.24) is 4.98 Å². The molecule has 0 saturated carbocycles. The number of rotatable bonds is 6. The fourth-order valence-corrected chi connectivity index (χ4v) is 2.85. The van der Waals surface area contributed by atoms with Crippen LogP contribution in [0.2, 0.25) is 0 Å². The Bertz CT molecular complexity index is 792. The van der Waals surface area contributed by atoms with Gasteiger partial charge in [0, 0.05) is 30.9 Å². The molecule has 2 rings (SSSR count). The van der Waals surface area contributed by atoms with Crippen molar-refractivity contribution in [1.29, 1.82) is 5.26 Å². The Morgan fingerprint density at radius 3 is 2.75 bits per heavy atom. The summed E-state index contributed by atoms with van der Waals surface area (Å²) in [6.07, 6.45) is 0. The molecule has 0 aliphatic rings. The van der Waals surface area contributed by atoms with Gasteiger partial charge in [-0.2, -0.15) is 5.26 Å². The highest BCUT2D eigenvalue weighted by molar-refractivity contribution is 7.09. The minimum Gasteiger partial charge on any atom is -0.454 e. The number of hydrogen-bond donors (Lipinski definition) is 0. The fourth-order valence-electron chi connectivity index (χ4n) is 1.98. The van der Waals surface area contributed by atoms with Crippen LogP contribution in [0.1, 0.15) is 27.0 Å². The third-order valence-corrected chi connectivity index (χ3v) is 4.31. The zero-order chi connectivity index (χ0) is 17.7. The van der Waals surface area contributed by atoms with Gasteiger partial charge in [0.05, 0.1) is 11.6 Å². The van der Waals surface area contributed by atoms with E-state index < -0.39 is 24.3 Å². The Morgan fingerprint density at radius 1 is 1.42 bits per heavy atom. The number of nitriles is 1. The van der Waals surface area contributed by atoms with Gasteiger partial charge in [0.2, 0.25) is 0 Å². The van der Waals surface area contributed by atoms with Crippen LogP contribution < -0.4 is 4.90 Å². The van der Waals surface area contributed by atoms with E-state index in [0.29, 0.717) is 10.6 Å². The fraction of sp³-hybridized carbons (Fsp3) is 0.294. The minimum absolute atomic E-state index is 0.354. The molecule has 0 bridgehead atoms. The van der Waals surface area contributed by atoms with E-state index in [0.717, 1.165) is 11.4 Å². The SMILES string of the molecule is Cc1csc(C(C#N)C(=O)COC(=O)c2cccc(N(C)C)c2)n1. The summed E-state index contributed by atoms with van der Waals surface area (Å²) in [6, 6.07) is 8.82. The molecule has 1 aromatic heterocycles. The molecule has 0 amide bonds. The number of aryl methyl sites for hydroxylation is 1. The van der Waals surface area contributed by atoms with Gasteiger partial charge in [-0.3, -0.25) is 4.79 Å². The molecule has 1 unspecified atom stereocenters. The topological polar surface area (TPSA) is 83.3 Å². The molecule has 7 heteroatoms. The van der Waals surface area contributed by atoms with Crippen LogP contribution in [0.4, 0.5) is 5.69 Å². The van der Waals surface area contributed by atoms with Crippen LogP contribution >= 0.6 is 11.3 Å². The Labute approximate surface area is 144 Å². The van der Waals surface area contributed by atoms with Crippen LogP contribution in [0.5, 0.6) is 0 Å². The van der Waals surface area contributed by atoms with Crippen molar-refractivity contribution in [3.63, 3.8) is 0 Å². The largest absolute Gasteiger partial charge is 0.454 e. The molecule has 0 aliphatic carbocycles. The molecule has 1 aromatic carbocycles. The van der Waals surface area contributed by atoms with Gasteiger partial charge in [0.15, 0.2) is 18.3 Å². The van der Waals surface area contributed by atoms with E-state index in [-0.39, 0.29) is 0 Å². The second-order valence-electron chi connectivity index (χ2n) is 5.38. The standard InChI is InChI=1S/C17H17N3O3S/c1-11-10-24-16(19-11)14(8-18)15(21)9-23-17(22)12-5-4-6-13(7-12)20(2)3/h4-7,10,14H,9H2,1-3H3. The number of nitrogens with zero attached hydrogens (tertiary/aromatic N) is 3. The molecular weight excluding hydrogens is 326 g/mol. The van der Waals surface area contributed by atoms with E-state index in [1.165, 1.54) is 11.3 Å². The molecule has 124 valence electrons. The zero-order valence-electron chi connectivity index (χ0n) is 13.6. The number of carbonyl (C=O) groups excluding carboxylic acids is 2. The number of carbonyl (C=O) groups is 2. The number of benzene rings is 1. The summed E-state index contributed by atoms with van der Waals surface area (Å²) in [5.74, 6) is -2.09. The van der Waals surface area contributed by atoms with Crippen LogP contribution in [0.3, 0.4) is 0 Å². The van der Waals surface area contributed by atoms with Gasteiger partial charge in [-0.05, 0) is 25.1 Å². The highest BCUT2D eigenvalue weighted by Crippen LogP contribution is 2.21. The maximum absolute atomic E-state index is 12.2. The molecule has 6 nitrogen and oxygen atoms in total. The van der Waals surface area contributed by atoms with Crippen molar-refractivity contribution in [2.45, 2.75) is 12.8 Å². The first-order valence-corrected chi connectivity index (χ1v) is 8.09. The molecule has 0 N–H and O–H groups in total. The lowest BCUT2D eigenvalue weighted by molar-refractivity contribution is -0.122. The Balaban J connectivity index is 2.01.